The van der Waals surface area contributed by atoms with Crippen molar-refractivity contribution in [3.63, 3.8) is 0 Å². The lowest BCUT2D eigenvalue weighted by Crippen LogP contribution is -1.95. The van der Waals surface area contributed by atoms with E-state index >= 15 is 0 Å². The van der Waals surface area contributed by atoms with Crippen molar-refractivity contribution in [2.45, 2.75) is 63.7 Å². The van der Waals surface area contributed by atoms with Crippen molar-refractivity contribution in [3.05, 3.63) is 35.4 Å². The summed E-state index contributed by atoms with van der Waals surface area (Å²) in [5.74, 6) is 0.109. The molecule has 0 aromatic heterocycles. The molecule has 0 saturated carbocycles. The van der Waals surface area contributed by atoms with Crippen LogP contribution in [0.3, 0.4) is 0 Å². The maximum atomic E-state index is 10.4. The van der Waals surface area contributed by atoms with E-state index in [1.807, 2.05) is 0 Å². The summed E-state index contributed by atoms with van der Waals surface area (Å²) in [7, 11) is 0. The highest BCUT2D eigenvalue weighted by atomic mass is 16.4. The van der Waals surface area contributed by atoms with Gasteiger partial charge in [-0.3, -0.25) is 4.79 Å². The number of carboxylic acids is 1. The van der Waals surface area contributed by atoms with Crippen LogP contribution in [0.5, 0.6) is 0 Å². The quantitative estimate of drug-likeness (QED) is 0.697. The third kappa shape index (κ3) is 4.38. The third-order valence-electron chi connectivity index (χ3n) is 4.20. The van der Waals surface area contributed by atoms with Crippen LogP contribution in [0, 0.1) is 0 Å². The summed E-state index contributed by atoms with van der Waals surface area (Å²) in [5, 5.41) is 8.55. The Bertz CT molecular complexity index is 411. The van der Waals surface area contributed by atoms with E-state index in [1.165, 1.54) is 38.5 Å². The molecule has 1 aromatic rings. The van der Waals surface area contributed by atoms with Gasteiger partial charge in [0.1, 0.15) is 0 Å². The summed E-state index contributed by atoms with van der Waals surface area (Å²) in [5.41, 5.74) is 3.13. The maximum absolute atomic E-state index is 10.4. The van der Waals surface area contributed by atoms with E-state index in [-0.39, 0.29) is 0 Å². The van der Waals surface area contributed by atoms with Crippen molar-refractivity contribution >= 4 is 5.97 Å². The summed E-state index contributed by atoms with van der Waals surface area (Å²) in [6.45, 7) is 0. The molecule has 2 rings (SSSR count). The average Bonchev–Trinajstić information content (AvgIpc) is 2.81. The number of carboxylic acid groups (broad SMARTS) is 1. The van der Waals surface area contributed by atoms with Crippen LogP contribution in [0.2, 0.25) is 0 Å². The van der Waals surface area contributed by atoms with E-state index in [0.29, 0.717) is 6.42 Å². The minimum absolute atomic E-state index is 0.329. The molecule has 19 heavy (non-hydrogen) atoms. The second kappa shape index (κ2) is 7.32. The van der Waals surface area contributed by atoms with Crippen LogP contribution in [0.1, 0.15) is 68.4 Å². The number of carbonyl (C=O) groups is 1. The number of hydrogen-bond donors (Lipinski definition) is 1. The zero-order chi connectivity index (χ0) is 13.5. The van der Waals surface area contributed by atoms with Gasteiger partial charge in [0.15, 0.2) is 0 Å². The van der Waals surface area contributed by atoms with Crippen LogP contribution in [-0.2, 0) is 11.2 Å². The number of aryl methyl sites for hydroxylation is 1. The van der Waals surface area contributed by atoms with E-state index in [2.05, 4.69) is 24.3 Å². The van der Waals surface area contributed by atoms with Gasteiger partial charge in [0.05, 0.1) is 0 Å². The number of aliphatic carboxylic acids is 1. The summed E-state index contributed by atoms with van der Waals surface area (Å²) in [6.07, 6.45) is 9.81. The Balaban J connectivity index is 1.59. The largest absolute Gasteiger partial charge is 0.481 e. The van der Waals surface area contributed by atoms with Crippen LogP contribution in [0.25, 0.3) is 0 Å². The Morgan fingerprint density at radius 3 is 2.68 bits per heavy atom. The molecule has 1 aliphatic carbocycles. The molecular weight excluding hydrogens is 236 g/mol. The molecule has 1 atom stereocenters. The van der Waals surface area contributed by atoms with Gasteiger partial charge in [-0.1, -0.05) is 49.9 Å². The fourth-order valence-electron chi connectivity index (χ4n) is 3.14. The molecule has 0 bridgehead atoms. The van der Waals surface area contributed by atoms with Crippen LogP contribution in [0.4, 0.5) is 0 Å². The first-order chi connectivity index (χ1) is 9.27. The molecule has 0 amide bonds. The fraction of sp³-hybridized carbons (Fsp3) is 0.588. The summed E-state index contributed by atoms with van der Waals surface area (Å²) >= 11 is 0. The minimum atomic E-state index is -0.664. The van der Waals surface area contributed by atoms with Gasteiger partial charge in [0, 0.05) is 6.42 Å². The monoisotopic (exact) mass is 260 g/mol. The van der Waals surface area contributed by atoms with E-state index in [4.69, 9.17) is 5.11 Å². The summed E-state index contributed by atoms with van der Waals surface area (Å²) in [4.78, 5) is 10.4. The molecule has 2 heteroatoms. The first kappa shape index (κ1) is 14.1. The second-order valence-corrected chi connectivity index (χ2v) is 5.63. The molecule has 0 saturated heterocycles. The Morgan fingerprint density at radius 1 is 1.11 bits per heavy atom. The first-order valence-electron chi connectivity index (χ1n) is 7.57. The molecule has 0 fully saturated rings. The highest BCUT2D eigenvalue weighted by Crippen LogP contribution is 2.36. The second-order valence-electron chi connectivity index (χ2n) is 5.63. The maximum Gasteiger partial charge on any atom is 0.303 e. The van der Waals surface area contributed by atoms with E-state index < -0.39 is 5.97 Å². The molecule has 2 nitrogen and oxygen atoms in total. The smallest absolute Gasteiger partial charge is 0.303 e. The number of hydrogen-bond acceptors (Lipinski definition) is 1. The molecule has 1 N–H and O–H groups in total. The van der Waals surface area contributed by atoms with Gasteiger partial charge in [-0.25, -0.2) is 0 Å². The lowest BCUT2D eigenvalue weighted by atomic mass is 9.94. The van der Waals surface area contributed by atoms with Gasteiger partial charge in [0.2, 0.25) is 0 Å². The topological polar surface area (TPSA) is 37.3 Å². The summed E-state index contributed by atoms with van der Waals surface area (Å²) in [6, 6.07) is 8.85. The van der Waals surface area contributed by atoms with Crippen molar-refractivity contribution in [1.82, 2.24) is 0 Å². The number of unbranched alkanes of at least 4 members (excludes halogenated alkanes) is 4. The SMILES string of the molecule is O=C(O)CCCCCCCC1CCc2ccccc21. The lowest BCUT2D eigenvalue weighted by molar-refractivity contribution is -0.137. The van der Waals surface area contributed by atoms with E-state index in [0.717, 1.165) is 18.8 Å². The van der Waals surface area contributed by atoms with Crippen LogP contribution in [-0.4, -0.2) is 11.1 Å². The van der Waals surface area contributed by atoms with Crippen LogP contribution in [0.15, 0.2) is 24.3 Å². The Labute approximate surface area is 115 Å². The van der Waals surface area contributed by atoms with Crippen molar-refractivity contribution in [2.24, 2.45) is 0 Å². The van der Waals surface area contributed by atoms with E-state index in [9.17, 15) is 4.79 Å². The third-order valence-corrected chi connectivity index (χ3v) is 4.20. The Kier molecular flexibility index (Phi) is 5.44. The van der Waals surface area contributed by atoms with Gasteiger partial charge in [0.25, 0.3) is 0 Å². The number of fused-ring (bicyclic) bond motifs is 1. The van der Waals surface area contributed by atoms with Crippen LogP contribution < -0.4 is 0 Å². The van der Waals surface area contributed by atoms with Crippen molar-refractivity contribution in [3.8, 4) is 0 Å². The van der Waals surface area contributed by atoms with Gasteiger partial charge in [-0.05, 0) is 42.7 Å². The zero-order valence-electron chi connectivity index (χ0n) is 11.6. The molecule has 1 aromatic carbocycles. The lowest BCUT2D eigenvalue weighted by Gasteiger charge is -2.11. The predicted molar refractivity (Wildman–Crippen MR) is 77.5 cm³/mol. The van der Waals surface area contributed by atoms with Gasteiger partial charge >= 0.3 is 5.97 Å². The average molecular weight is 260 g/mol. The highest BCUT2D eigenvalue weighted by molar-refractivity contribution is 5.66. The molecule has 0 heterocycles. The molecule has 0 spiro atoms. The Hall–Kier alpha value is -1.31. The van der Waals surface area contributed by atoms with Crippen molar-refractivity contribution < 1.29 is 9.90 Å². The van der Waals surface area contributed by atoms with Gasteiger partial charge in [-0.2, -0.15) is 0 Å². The fourth-order valence-corrected chi connectivity index (χ4v) is 3.14. The van der Waals surface area contributed by atoms with E-state index in [1.54, 1.807) is 11.1 Å². The van der Waals surface area contributed by atoms with Crippen molar-refractivity contribution in [2.75, 3.05) is 0 Å². The first-order valence-corrected chi connectivity index (χ1v) is 7.57. The summed E-state index contributed by atoms with van der Waals surface area (Å²) < 4.78 is 0. The predicted octanol–water partition coefficient (Wildman–Crippen LogP) is 4.53. The minimum Gasteiger partial charge on any atom is -0.481 e. The number of benzene rings is 1. The molecule has 1 unspecified atom stereocenters. The van der Waals surface area contributed by atoms with Gasteiger partial charge in [-0.15, -0.1) is 0 Å². The normalized spacial score (nSPS) is 17.4. The van der Waals surface area contributed by atoms with Crippen LogP contribution >= 0.6 is 0 Å². The molecule has 0 aliphatic heterocycles. The standard InChI is InChI=1S/C17H24O2/c18-17(19)11-5-3-1-2-4-8-14-12-13-15-9-6-7-10-16(14)15/h6-7,9-10,14H,1-5,8,11-13H2,(H,18,19). The Morgan fingerprint density at radius 2 is 1.84 bits per heavy atom. The highest BCUT2D eigenvalue weighted by Gasteiger charge is 2.20. The molecular formula is C17H24O2. The molecule has 104 valence electrons. The van der Waals surface area contributed by atoms with Gasteiger partial charge < -0.3 is 5.11 Å². The molecule has 0 radical (unpaired) electrons. The number of rotatable bonds is 8. The van der Waals surface area contributed by atoms with Crippen molar-refractivity contribution in [1.29, 1.82) is 0 Å². The zero-order valence-corrected chi connectivity index (χ0v) is 11.6. The molecule has 1 aliphatic rings.